The summed E-state index contributed by atoms with van der Waals surface area (Å²) in [6.07, 6.45) is 0. The summed E-state index contributed by atoms with van der Waals surface area (Å²) < 4.78 is 65.3. The molecule has 26 heavy (non-hydrogen) atoms. The van der Waals surface area contributed by atoms with E-state index in [1.165, 1.54) is 12.1 Å². The molecule has 0 saturated carbocycles. The molecule has 0 aromatic heterocycles. The Morgan fingerprint density at radius 3 is 1.42 bits per heavy atom. The predicted octanol–water partition coefficient (Wildman–Crippen LogP) is 0.561. The van der Waals surface area contributed by atoms with Crippen LogP contribution < -0.4 is 22.1 Å². The van der Waals surface area contributed by atoms with E-state index >= 15 is 0 Å². The van der Waals surface area contributed by atoms with Crippen molar-refractivity contribution in [3.05, 3.63) is 36.4 Å². The minimum absolute atomic E-state index is 0.0573. The first-order chi connectivity index (χ1) is 11.8. The number of rotatable bonds is 4. The number of hydrogen-bond donors (Lipinski definition) is 5. The van der Waals surface area contributed by atoms with Crippen molar-refractivity contribution in [2.75, 3.05) is 16.4 Å². The zero-order valence-electron chi connectivity index (χ0n) is 12.9. The number of carbonyl (C=O) groups excluding carboxylic acids is 1. The van der Waals surface area contributed by atoms with Gasteiger partial charge in [-0.15, -0.1) is 0 Å². The summed E-state index contributed by atoms with van der Waals surface area (Å²) in [7, 11) is -9.73. The molecule has 0 aliphatic carbocycles. The number of urea groups is 1. The molecule has 0 heterocycles. The number of amides is 2. The number of nitrogens with two attached hydrogens (primary N) is 3. The van der Waals surface area contributed by atoms with Gasteiger partial charge in [-0.3, -0.25) is 14.0 Å². The standard InChI is InChI=1S/C13H14N4O7S2/c14-7-1-3-9(11(5-7)25(19,20)21)17(13(16)18)10-4-2-8(15)6-12(10)26(22,23)24/h1-6H,14-15H2,(H2,16,18)(H,19,20,21)(H,22,23,24). The fourth-order valence-corrected chi connectivity index (χ4v) is 3.63. The second-order valence-electron chi connectivity index (χ2n) is 5.08. The molecule has 0 spiro atoms. The molecule has 2 aromatic carbocycles. The Balaban J connectivity index is 2.90. The molecule has 0 radical (unpaired) electrons. The highest BCUT2D eigenvalue weighted by atomic mass is 32.2. The topological polar surface area (TPSA) is 207 Å². The van der Waals surface area contributed by atoms with Gasteiger partial charge in [0.1, 0.15) is 9.79 Å². The summed E-state index contributed by atoms with van der Waals surface area (Å²) in [5, 5.41) is 0. The van der Waals surface area contributed by atoms with Gasteiger partial charge in [0, 0.05) is 11.4 Å². The first kappa shape index (κ1) is 19.5. The smallest absolute Gasteiger partial charge is 0.323 e. The van der Waals surface area contributed by atoms with Gasteiger partial charge in [0.25, 0.3) is 20.2 Å². The molecule has 0 fully saturated rings. The maximum Gasteiger partial charge on any atom is 0.323 e. The van der Waals surface area contributed by atoms with Crippen LogP contribution >= 0.6 is 0 Å². The second kappa shape index (κ2) is 6.45. The lowest BCUT2D eigenvalue weighted by molar-refractivity contribution is 0.256. The molecule has 0 bridgehead atoms. The van der Waals surface area contributed by atoms with Crippen LogP contribution in [0.5, 0.6) is 0 Å². The Kier molecular flexibility index (Phi) is 4.83. The van der Waals surface area contributed by atoms with Crippen LogP contribution in [0.15, 0.2) is 46.2 Å². The summed E-state index contributed by atoms with van der Waals surface area (Å²) in [5.41, 5.74) is 15.2. The van der Waals surface area contributed by atoms with Crippen LogP contribution in [0.2, 0.25) is 0 Å². The van der Waals surface area contributed by atoms with E-state index in [1.807, 2.05) is 0 Å². The van der Waals surface area contributed by atoms with Crippen LogP contribution in [-0.2, 0) is 20.2 Å². The van der Waals surface area contributed by atoms with Crippen LogP contribution in [0.25, 0.3) is 0 Å². The molecular formula is C13H14N4O7S2. The Morgan fingerprint density at radius 1 is 0.808 bits per heavy atom. The van der Waals surface area contributed by atoms with Gasteiger partial charge in [-0.05, 0) is 36.4 Å². The van der Waals surface area contributed by atoms with Crippen LogP contribution in [0.3, 0.4) is 0 Å². The van der Waals surface area contributed by atoms with E-state index in [0.29, 0.717) is 4.90 Å². The lowest BCUT2D eigenvalue weighted by Gasteiger charge is -2.24. The van der Waals surface area contributed by atoms with Crippen LogP contribution in [0, 0.1) is 0 Å². The number of nitrogen functional groups attached to an aromatic ring is 2. The molecule has 0 saturated heterocycles. The molecule has 13 heteroatoms. The third-order valence-corrected chi connectivity index (χ3v) is 4.99. The molecule has 2 aromatic rings. The highest BCUT2D eigenvalue weighted by Crippen LogP contribution is 2.36. The van der Waals surface area contributed by atoms with Crippen LogP contribution in [-0.4, -0.2) is 32.0 Å². The number of nitrogens with zero attached hydrogens (tertiary/aromatic N) is 1. The van der Waals surface area contributed by atoms with E-state index in [4.69, 9.17) is 17.2 Å². The molecule has 0 aliphatic rings. The monoisotopic (exact) mass is 402 g/mol. The van der Waals surface area contributed by atoms with Crippen molar-refractivity contribution in [1.82, 2.24) is 0 Å². The molecule has 0 atom stereocenters. The van der Waals surface area contributed by atoms with Gasteiger partial charge in [-0.1, -0.05) is 0 Å². The molecule has 2 rings (SSSR count). The SMILES string of the molecule is NC(=O)N(c1ccc(N)cc1S(=O)(=O)O)c1ccc(N)cc1S(=O)(=O)O. The molecule has 8 N–H and O–H groups in total. The van der Waals surface area contributed by atoms with Gasteiger partial charge in [-0.25, -0.2) is 4.79 Å². The molecule has 0 aliphatic heterocycles. The normalized spacial score (nSPS) is 11.9. The van der Waals surface area contributed by atoms with E-state index in [-0.39, 0.29) is 11.4 Å². The van der Waals surface area contributed by atoms with Crippen molar-refractivity contribution in [2.45, 2.75) is 9.79 Å². The van der Waals surface area contributed by atoms with Crippen molar-refractivity contribution in [2.24, 2.45) is 5.73 Å². The van der Waals surface area contributed by atoms with E-state index in [2.05, 4.69) is 0 Å². The number of hydrogen-bond acceptors (Lipinski definition) is 7. The molecular weight excluding hydrogens is 388 g/mol. The maximum atomic E-state index is 12.0. The highest BCUT2D eigenvalue weighted by Gasteiger charge is 2.29. The highest BCUT2D eigenvalue weighted by molar-refractivity contribution is 7.86. The van der Waals surface area contributed by atoms with E-state index < -0.39 is 47.4 Å². The van der Waals surface area contributed by atoms with Crippen LogP contribution in [0.1, 0.15) is 0 Å². The third kappa shape index (κ3) is 3.85. The maximum absolute atomic E-state index is 12.0. The van der Waals surface area contributed by atoms with Crippen LogP contribution in [0.4, 0.5) is 27.5 Å². The van der Waals surface area contributed by atoms with Crippen molar-refractivity contribution < 1.29 is 30.7 Å². The minimum atomic E-state index is -4.87. The number of carbonyl (C=O) groups is 1. The summed E-state index contributed by atoms with van der Waals surface area (Å²) in [6, 6.07) is 4.88. The molecule has 140 valence electrons. The predicted molar refractivity (Wildman–Crippen MR) is 93.1 cm³/mol. The van der Waals surface area contributed by atoms with E-state index in [9.17, 15) is 30.7 Å². The largest absolute Gasteiger partial charge is 0.399 e. The van der Waals surface area contributed by atoms with Crippen molar-refractivity contribution in [3.63, 3.8) is 0 Å². The Morgan fingerprint density at radius 2 is 1.15 bits per heavy atom. The average molecular weight is 402 g/mol. The fraction of sp³-hybridized carbons (Fsp3) is 0. The second-order valence-corrected chi connectivity index (χ2v) is 7.86. The summed E-state index contributed by atoms with van der Waals surface area (Å²) >= 11 is 0. The first-order valence-corrected chi connectivity index (χ1v) is 9.54. The summed E-state index contributed by atoms with van der Waals surface area (Å²) in [4.78, 5) is 10.8. The third-order valence-electron chi connectivity index (χ3n) is 3.23. The number of benzene rings is 2. The first-order valence-electron chi connectivity index (χ1n) is 6.66. The summed E-state index contributed by atoms with van der Waals surface area (Å²) in [6.45, 7) is 0. The van der Waals surface area contributed by atoms with Crippen molar-refractivity contribution in [3.8, 4) is 0 Å². The van der Waals surface area contributed by atoms with Gasteiger partial charge < -0.3 is 17.2 Å². The van der Waals surface area contributed by atoms with Gasteiger partial charge >= 0.3 is 6.03 Å². The lowest BCUT2D eigenvalue weighted by Crippen LogP contribution is -2.33. The number of anilines is 4. The van der Waals surface area contributed by atoms with Gasteiger partial charge in [0.2, 0.25) is 0 Å². The van der Waals surface area contributed by atoms with Gasteiger partial charge in [0.05, 0.1) is 11.4 Å². The molecule has 0 unspecified atom stereocenters. The zero-order chi connectivity index (χ0) is 19.9. The van der Waals surface area contributed by atoms with Gasteiger partial charge in [-0.2, -0.15) is 16.8 Å². The van der Waals surface area contributed by atoms with Gasteiger partial charge in [0.15, 0.2) is 0 Å². The minimum Gasteiger partial charge on any atom is -0.399 e. The quantitative estimate of drug-likeness (QED) is 0.357. The van der Waals surface area contributed by atoms with E-state index in [1.54, 1.807) is 0 Å². The Hall–Kier alpha value is -2.87. The Labute approximate surface area is 148 Å². The lowest BCUT2D eigenvalue weighted by atomic mass is 10.2. The average Bonchev–Trinajstić information content (AvgIpc) is 2.48. The zero-order valence-corrected chi connectivity index (χ0v) is 14.5. The van der Waals surface area contributed by atoms with Crippen molar-refractivity contribution in [1.29, 1.82) is 0 Å². The van der Waals surface area contributed by atoms with E-state index in [0.717, 1.165) is 24.3 Å². The molecule has 2 amide bonds. The molecule has 11 nitrogen and oxygen atoms in total. The Bertz CT molecular complexity index is 1020. The number of primary amides is 1. The summed E-state index contributed by atoms with van der Waals surface area (Å²) in [5.74, 6) is 0. The fourth-order valence-electron chi connectivity index (χ4n) is 2.21. The van der Waals surface area contributed by atoms with Crippen molar-refractivity contribution >= 4 is 49.0 Å².